The molecule has 154 valence electrons. The average molecular weight is 415 g/mol. The summed E-state index contributed by atoms with van der Waals surface area (Å²) < 4.78 is 40.8. The Morgan fingerprint density at radius 1 is 1.07 bits per heavy atom. The van der Waals surface area contributed by atoms with Gasteiger partial charge in [-0.05, 0) is 11.1 Å². The second kappa shape index (κ2) is 9.38. The van der Waals surface area contributed by atoms with Gasteiger partial charge in [0, 0.05) is 17.3 Å². The number of nitrogens with zero attached hydrogens (tertiary/aromatic N) is 1. The summed E-state index contributed by atoms with van der Waals surface area (Å²) in [6.07, 6.45) is -4.33. The van der Waals surface area contributed by atoms with Crippen molar-refractivity contribution in [2.45, 2.75) is 52.1 Å². The molecule has 0 aliphatic rings. The first kappa shape index (κ1) is 22.2. The summed E-state index contributed by atoms with van der Waals surface area (Å²) in [4.78, 5) is 16.4. The lowest BCUT2D eigenvalue weighted by molar-refractivity contribution is -0.176. The summed E-state index contributed by atoms with van der Waals surface area (Å²) in [6.45, 7) is 5.52. The van der Waals surface area contributed by atoms with Gasteiger partial charge >= 0.3 is 12.2 Å². The van der Waals surface area contributed by atoms with Gasteiger partial charge < -0.3 is 15.4 Å². The van der Waals surface area contributed by atoms with E-state index in [2.05, 4.69) is 41.1 Å². The number of amides is 2. The van der Waals surface area contributed by atoms with Crippen LogP contribution in [0.15, 0.2) is 29.6 Å². The average Bonchev–Trinajstić information content (AvgIpc) is 3.07. The Morgan fingerprint density at radius 3 is 2.25 bits per heavy atom. The highest BCUT2D eigenvalue weighted by Gasteiger charge is 2.27. The maximum atomic E-state index is 12.0. The molecule has 0 saturated carbocycles. The van der Waals surface area contributed by atoms with Crippen LogP contribution in [0.3, 0.4) is 0 Å². The topological polar surface area (TPSA) is 63.2 Å². The second-order valence-electron chi connectivity index (χ2n) is 7.35. The first-order valence-electron chi connectivity index (χ1n) is 8.72. The van der Waals surface area contributed by atoms with E-state index in [1.807, 2.05) is 5.38 Å². The molecule has 5 nitrogen and oxygen atoms in total. The highest BCUT2D eigenvalue weighted by molar-refractivity contribution is 7.09. The van der Waals surface area contributed by atoms with E-state index in [0.29, 0.717) is 18.7 Å². The Balaban J connectivity index is 1.71. The van der Waals surface area contributed by atoms with Crippen LogP contribution in [0.25, 0.3) is 0 Å². The number of aromatic nitrogens is 1. The minimum absolute atomic E-state index is 0.0187. The van der Waals surface area contributed by atoms with Crippen molar-refractivity contribution in [1.29, 1.82) is 0 Å². The zero-order chi connectivity index (χ0) is 20.8. The number of ether oxygens (including phenoxy) is 1. The molecule has 0 saturated heterocycles. The van der Waals surface area contributed by atoms with E-state index >= 15 is 0 Å². The van der Waals surface area contributed by atoms with Gasteiger partial charge in [0.25, 0.3) is 0 Å². The summed E-state index contributed by atoms with van der Waals surface area (Å²) >= 11 is 1.57. The van der Waals surface area contributed by atoms with Crippen molar-refractivity contribution in [1.82, 2.24) is 15.6 Å². The number of urea groups is 1. The van der Waals surface area contributed by atoms with Gasteiger partial charge in [0.05, 0.1) is 23.9 Å². The quantitative estimate of drug-likeness (QED) is 0.699. The fourth-order valence-electron chi connectivity index (χ4n) is 2.19. The monoisotopic (exact) mass is 415 g/mol. The van der Waals surface area contributed by atoms with Crippen molar-refractivity contribution in [3.05, 3.63) is 51.5 Å². The molecule has 9 heteroatoms. The first-order valence-corrected chi connectivity index (χ1v) is 9.60. The fourth-order valence-corrected chi connectivity index (χ4v) is 3.09. The van der Waals surface area contributed by atoms with E-state index in [0.717, 1.165) is 16.3 Å². The van der Waals surface area contributed by atoms with Gasteiger partial charge in [-0.1, -0.05) is 45.0 Å². The van der Waals surface area contributed by atoms with E-state index in [9.17, 15) is 18.0 Å². The number of carbonyl (C=O) groups is 1. The number of rotatable bonds is 7. The molecule has 0 aliphatic heterocycles. The molecule has 0 fully saturated rings. The van der Waals surface area contributed by atoms with Crippen LogP contribution >= 0.6 is 11.3 Å². The molecule has 2 N–H and O–H groups in total. The lowest BCUT2D eigenvalue weighted by Gasteiger charge is -2.13. The number of nitrogens with one attached hydrogen (secondary N) is 2. The Morgan fingerprint density at radius 2 is 1.68 bits per heavy atom. The molecular formula is C19H24F3N3O2S. The normalized spacial score (nSPS) is 12.1. The number of carbonyl (C=O) groups excluding carboxylic acids is 1. The molecule has 0 aliphatic carbocycles. The Labute approximate surface area is 166 Å². The third-order valence-electron chi connectivity index (χ3n) is 3.63. The number of hydrogen-bond donors (Lipinski definition) is 2. The number of benzene rings is 1. The third-order valence-corrected chi connectivity index (χ3v) is 4.95. The largest absolute Gasteiger partial charge is 0.411 e. The molecule has 2 aromatic rings. The van der Waals surface area contributed by atoms with E-state index in [4.69, 9.17) is 0 Å². The lowest BCUT2D eigenvalue weighted by atomic mass is 9.98. The molecule has 1 heterocycles. The summed E-state index contributed by atoms with van der Waals surface area (Å²) in [5.74, 6) is 0. The Bertz CT molecular complexity index is 768. The molecule has 0 atom stereocenters. The van der Waals surface area contributed by atoms with E-state index in [1.165, 1.54) is 0 Å². The molecule has 0 bridgehead atoms. The Kier molecular flexibility index (Phi) is 7.42. The van der Waals surface area contributed by atoms with E-state index < -0.39 is 12.8 Å². The highest BCUT2D eigenvalue weighted by Crippen LogP contribution is 2.25. The number of alkyl halides is 3. The van der Waals surface area contributed by atoms with Gasteiger partial charge in [-0.3, -0.25) is 0 Å². The molecule has 0 unspecified atom stereocenters. The van der Waals surface area contributed by atoms with E-state index in [1.54, 1.807) is 35.6 Å². The maximum absolute atomic E-state index is 12.0. The lowest BCUT2D eigenvalue weighted by Crippen LogP contribution is -2.34. The van der Waals surface area contributed by atoms with Crippen LogP contribution in [0.5, 0.6) is 0 Å². The molecule has 1 aromatic carbocycles. The number of halogens is 3. The van der Waals surface area contributed by atoms with Crippen molar-refractivity contribution in [2.24, 2.45) is 0 Å². The van der Waals surface area contributed by atoms with Crippen LogP contribution in [0.4, 0.5) is 18.0 Å². The summed E-state index contributed by atoms with van der Waals surface area (Å²) in [5, 5.41) is 8.44. The van der Waals surface area contributed by atoms with Gasteiger partial charge in [0.2, 0.25) is 0 Å². The fraction of sp³-hybridized carbons (Fsp3) is 0.474. The predicted octanol–water partition coefficient (Wildman–Crippen LogP) is 4.52. The summed E-state index contributed by atoms with van der Waals surface area (Å²) in [6, 6.07) is 6.51. The van der Waals surface area contributed by atoms with Gasteiger partial charge in [0.1, 0.15) is 6.61 Å². The minimum Gasteiger partial charge on any atom is -0.367 e. The molecule has 2 rings (SSSR count). The first-order chi connectivity index (χ1) is 13.0. The van der Waals surface area contributed by atoms with Crippen LogP contribution in [0, 0.1) is 0 Å². The molecule has 0 radical (unpaired) electrons. The van der Waals surface area contributed by atoms with Gasteiger partial charge in [-0.15, -0.1) is 11.3 Å². The van der Waals surface area contributed by atoms with Crippen molar-refractivity contribution in [3.63, 3.8) is 0 Å². The van der Waals surface area contributed by atoms with Gasteiger partial charge in [-0.2, -0.15) is 13.2 Å². The molecule has 28 heavy (non-hydrogen) atoms. The van der Waals surface area contributed by atoms with Crippen molar-refractivity contribution in [2.75, 3.05) is 6.61 Å². The van der Waals surface area contributed by atoms with Gasteiger partial charge in [0.15, 0.2) is 0 Å². The standard InChI is InChI=1S/C19H24F3N3O2S/c1-18(2,3)16-25-15(11-28-16)9-24-17(26)23-8-13-4-6-14(7-5-13)10-27-12-19(20,21)22/h4-7,11H,8-10,12H2,1-3H3,(H2,23,24,26). The van der Waals surface area contributed by atoms with Crippen molar-refractivity contribution >= 4 is 17.4 Å². The molecular weight excluding hydrogens is 391 g/mol. The van der Waals surface area contributed by atoms with Crippen LogP contribution in [0.1, 0.15) is 42.6 Å². The smallest absolute Gasteiger partial charge is 0.367 e. The van der Waals surface area contributed by atoms with E-state index in [-0.39, 0.29) is 18.1 Å². The van der Waals surface area contributed by atoms with Crippen LogP contribution in [-0.2, 0) is 29.8 Å². The zero-order valence-electron chi connectivity index (χ0n) is 16.0. The minimum atomic E-state index is -4.33. The third kappa shape index (κ3) is 7.85. The summed E-state index contributed by atoms with van der Waals surface area (Å²) in [5.41, 5.74) is 2.26. The molecule has 2 amide bonds. The van der Waals surface area contributed by atoms with Crippen LogP contribution < -0.4 is 10.6 Å². The van der Waals surface area contributed by atoms with Crippen LogP contribution in [-0.4, -0.2) is 23.8 Å². The molecule has 0 spiro atoms. The Hall–Kier alpha value is -2.13. The number of hydrogen-bond acceptors (Lipinski definition) is 4. The predicted molar refractivity (Wildman–Crippen MR) is 102 cm³/mol. The maximum Gasteiger partial charge on any atom is 0.411 e. The van der Waals surface area contributed by atoms with Gasteiger partial charge in [-0.25, -0.2) is 9.78 Å². The second-order valence-corrected chi connectivity index (χ2v) is 8.21. The van der Waals surface area contributed by atoms with Crippen molar-refractivity contribution < 1.29 is 22.7 Å². The zero-order valence-corrected chi connectivity index (χ0v) is 16.8. The number of thiazole rings is 1. The summed E-state index contributed by atoms with van der Waals surface area (Å²) in [7, 11) is 0. The van der Waals surface area contributed by atoms with Crippen molar-refractivity contribution in [3.8, 4) is 0 Å². The van der Waals surface area contributed by atoms with Crippen LogP contribution in [0.2, 0.25) is 0 Å². The SMILES string of the molecule is CC(C)(C)c1nc(CNC(=O)NCc2ccc(COCC(F)(F)F)cc2)cs1. The molecule has 1 aromatic heterocycles. The highest BCUT2D eigenvalue weighted by atomic mass is 32.1.